The molecule has 0 spiro atoms. The van der Waals surface area contributed by atoms with Crippen molar-refractivity contribution in [3.05, 3.63) is 12.2 Å². The molecule has 0 saturated carbocycles. The number of unbranched alkanes of at least 4 members (excludes halogenated alkanes) is 2. The van der Waals surface area contributed by atoms with Crippen molar-refractivity contribution in [2.75, 3.05) is 0 Å². The van der Waals surface area contributed by atoms with Crippen molar-refractivity contribution in [1.29, 1.82) is 0 Å². The predicted molar refractivity (Wildman–Crippen MR) is 79.1 cm³/mol. The molecule has 0 amide bonds. The van der Waals surface area contributed by atoms with Crippen LogP contribution in [-0.4, -0.2) is 22.3 Å². The number of hydrogen-bond acceptors (Lipinski definition) is 2. The molecule has 0 aliphatic rings. The van der Waals surface area contributed by atoms with Crippen LogP contribution in [0.4, 0.5) is 0 Å². The standard InChI is InChI=1S/C16H30O3/c1-4-6-7-9-15(17)11-10-13(3)14(8-5-2)12-16(18)19/h10-11,13-15,17H,4-9,12H2,1-3H3,(H,18,19)/b11-10+/t13?,14-,15?/m1/s1. The van der Waals surface area contributed by atoms with Gasteiger partial charge in [-0.3, -0.25) is 4.79 Å². The molecule has 112 valence electrons. The van der Waals surface area contributed by atoms with E-state index < -0.39 is 5.97 Å². The van der Waals surface area contributed by atoms with Gasteiger partial charge in [0.05, 0.1) is 6.10 Å². The molecule has 0 rings (SSSR count). The van der Waals surface area contributed by atoms with Gasteiger partial charge in [-0.1, -0.05) is 58.6 Å². The zero-order valence-electron chi connectivity index (χ0n) is 12.6. The summed E-state index contributed by atoms with van der Waals surface area (Å²) in [7, 11) is 0. The van der Waals surface area contributed by atoms with E-state index >= 15 is 0 Å². The molecule has 2 unspecified atom stereocenters. The van der Waals surface area contributed by atoms with Gasteiger partial charge in [-0.15, -0.1) is 0 Å². The van der Waals surface area contributed by atoms with Crippen LogP contribution in [0.1, 0.15) is 65.7 Å². The molecule has 0 fully saturated rings. The van der Waals surface area contributed by atoms with Crippen LogP contribution in [-0.2, 0) is 4.79 Å². The van der Waals surface area contributed by atoms with Crippen molar-refractivity contribution >= 4 is 5.97 Å². The van der Waals surface area contributed by atoms with Crippen LogP contribution in [0.2, 0.25) is 0 Å². The van der Waals surface area contributed by atoms with E-state index in [4.69, 9.17) is 5.11 Å². The molecule has 0 aromatic heterocycles. The summed E-state index contributed by atoms with van der Waals surface area (Å²) in [4.78, 5) is 10.8. The molecule has 3 atom stereocenters. The highest BCUT2D eigenvalue weighted by atomic mass is 16.4. The Morgan fingerprint density at radius 3 is 2.32 bits per heavy atom. The van der Waals surface area contributed by atoms with Gasteiger partial charge in [0.1, 0.15) is 0 Å². The number of carboxylic acid groups (broad SMARTS) is 1. The Morgan fingerprint density at radius 1 is 1.11 bits per heavy atom. The second kappa shape index (κ2) is 11.0. The van der Waals surface area contributed by atoms with E-state index in [0.717, 1.165) is 38.5 Å². The maximum absolute atomic E-state index is 10.8. The maximum Gasteiger partial charge on any atom is 0.303 e. The minimum absolute atomic E-state index is 0.168. The van der Waals surface area contributed by atoms with Gasteiger partial charge in [0, 0.05) is 6.42 Å². The third-order valence-electron chi connectivity index (χ3n) is 3.58. The monoisotopic (exact) mass is 270 g/mol. The number of carbonyl (C=O) groups is 1. The van der Waals surface area contributed by atoms with Gasteiger partial charge in [-0.2, -0.15) is 0 Å². The number of allylic oxidation sites excluding steroid dienone is 1. The third-order valence-corrected chi connectivity index (χ3v) is 3.58. The van der Waals surface area contributed by atoms with Crippen molar-refractivity contribution in [1.82, 2.24) is 0 Å². The first-order valence-corrected chi connectivity index (χ1v) is 7.59. The Balaban J connectivity index is 4.20. The fraction of sp³-hybridized carbons (Fsp3) is 0.812. The Morgan fingerprint density at radius 2 is 1.79 bits per heavy atom. The topological polar surface area (TPSA) is 57.5 Å². The minimum atomic E-state index is -0.734. The van der Waals surface area contributed by atoms with Gasteiger partial charge in [0.25, 0.3) is 0 Å². The number of aliphatic hydroxyl groups is 1. The Kier molecular flexibility index (Phi) is 10.6. The molecule has 0 heterocycles. The van der Waals surface area contributed by atoms with Crippen LogP contribution in [0.25, 0.3) is 0 Å². The first kappa shape index (κ1) is 18.2. The van der Waals surface area contributed by atoms with Crippen molar-refractivity contribution in [3.8, 4) is 0 Å². The van der Waals surface area contributed by atoms with Crippen molar-refractivity contribution in [3.63, 3.8) is 0 Å². The van der Waals surface area contributed by atoms with Gasteiger partial charge in [0.2, 0.25) is 0 Å². The lowest BCUT2D eigenvalue weighted by molar-refractivity contribution is -0.138. The lowest BCUT2D eigenvalue weighted by Crippen LogP contribution is -2.15. The van der Waals surface area contributed by atoms with E-state index in [9.17, 15) is 9.90 Å². The SMILES string of the molecule is CCCCCC(O)/C=C/C(C)[C@H](CCC)CC(=O)O. The van der Waals surface area contributed by atoms with E-state index in [1.807, 2.05) is 19.1 Å². The number of carboxylic acids is 1. The average Bonchev–Trinajstić information content (AvgIpc) is 2.35. The summed E-state index contributed by atoms with van der Waals surface area (Å²) in [5, 5.41) is 18.7. The maximum atomic E-state index is 10.8. The molecule has 3 nitrogen and oxygen atoms in total. The molecule has 0 aliphatic heterocycles. The molecule has 19 heavy (non-hydrogen) atoms. The molecule has 3 heteroatoms. The van der Waals surface area contributed by atoms with Crippen LogP contribution in [0.3, 0.4) is 0 Å². The molecule has 0 aromatic rings. The van der Waals surface area contributed by atoms with Crippen LogP contribution in [0.5, 0.6) is 0 Å². The summed E-state index contributed by atoms with van der Waals surface area (Å²) in [5.41, 5.74) is 0. The molecular weight excluding hydrogens is 240 g/mol. The summed E-state index contributed by atoms with van der Waals surface area (Å²) in [6.45, 7) is 6.26. The highest BCUT2D eigenvalue weighted by Crippen LogP contribution is 2.23. The zero-order valence-corrected chi connectivity index (χ0v) is 12.6. The van der Waals surface area contributed by atoms with Gasteiger partial charge < -0.3 is 10.2 Å². The summed E-state index contributed by atoms with van der Waals surface area (Å²) in [6, 6.07) is 0. The highest BCUT2D eigenvalue weighted by Gasteiger charge is 2.17. The normalized spacial score (nSPS) is 16.4. The van der Waals surface area contributed by atoms with Gasteiger partial charge in [-0.05, 0) is 24.7 Å². The van der Waals surface area contributed by atoms with Gasteiger partial charge >= 0.3 is 5.97 Å². The predicted octanol–water partition coefficient (Wildman–Crippen LogP) is 4.01. The van der Waals surface area contributed by atoms with Crippen LogP contribution in [0, 0.1) is 11.8 Å². The third kappa shape index (κ3) is 9.71. The van der Waals surface area contributed by atoms with Crippen LogP contribution < -0.4 is 0 Å². The zero-order chi connectivity index (χ0) is 14.7. The summed E-state index contributed by atoms with van der Waals surface area (Å²) < 4.78 is 0. The van der Waals surface area contributed by atoms with Gasteiger partial charge in [0.15, 0.2) is 0 Å². The quantitative estimate of drug-likeness (QED) is 0.440. The minimum Gasteiger partial charge on any atom is -0.481 e. The molecule has 2 N–H and O–H groups in total. The summed E-state index contributed by atoms with van der Waals surface area (Å²) >= 11 is 0. The molecular formula is C16H30O3. The Labute approximate surface area is 117 Å². The Hall–Kier alpha value is -0.830. The molecule has 0 aliphatic carbocycles. The van der Waals surface area contributed by atoms with Crippen molar-refractivity contribution in [2.45, 2.75) is 71.8 Å². The lowest BCUT2D eigenvalue weighted by Gasteiger charge is -2.19. The molecule has 0 aromatic carbocycles. The second-order valence-electron chi connectivity index (χ2n) is 5.45. The van der Waals surface area contributed by atoms with E-state index in [2.05, 4.69) is 13.8 Å². The Bertz CT molecular complexity index is 261. The van der Waals surface area contributed by atoms with E-state index in [1.54, 1.807) is 0 Å². The smallest absolute Gasteiger partial charge is 0.303 e. The van der Waals surface area contributed by atoms with E-state index in [-0.39, 0.29) is 24.4 Å². The molecule has 0 bridgehead atoms. The lowest BCUT2D eigenvalue weighted by atomic mass is 9.86. The van der Waals surface area contributed by atoms with Gasteiger partial charge in [-0.25, -0.2) is 0 Å². The summed E-state index contributed by atoms with van der Waals surface area (Å²) in [6.07, 6.45) is 9.72. The molecule has 0 radical (unpaired) electrons. The fourth-order valence-electron chi connectivity index (χ4n) is 2.31. The highest BCUT2D eigenvalue weighted by molar-refractivity contribution is 5.67. The van der Waals surface area contributed by atoms with Crippen molar-refractivity contribution < 1.29 is 15.0 Å². The number of hydrogen-bond donors (Lipinski definition) is 2. The van der Waals surface area contributed by atoms with E-state index in [0.29, 0.717) is 0 Å². The first-order chi connectivity index (χ1) is 9.01. The van der Waals surface area contributed by atoms with Crippen molar-refractivity contribution in [2.24, 2.45) is 11.8 Å². The van der Waals surface area contributed by atoms with Crippen LogP contribution in [0.15, 0.2) is 12.2 Å². The number of rotatable bonds is 11. The molecule has 0 saturated heterocycles. The largest absolute Gasteiger partial charge is 0.481 e. The fourth-order valence-corrected chi connectivity index (χ4v) is 2.31. The first-order valence-electron chi connectivity index (χ1n) is 7.59. The average molecular weight is 270 g/mol. The van der Waals surface area contributed by atoms with E-state index in [1.165, 1.54) is 0 Å². The number of aliphatic carboxylic acids is 1. The van der Waals surface area contributed by atoms with Crippen LogP contribution >= 0.6 is 0 Å². The number of aliphatic hydroxyl groups excluding tert-OH is 1. The summed E-state index contributed by atoms with van der Waals surface area (Å²) in [5.74, 6) is -0.360. The second-order valence-corrected chi connectivity index (χ2v) is 5.45.